The van der Waals surface area contributed by atoms with Crippen LogP contribution in [0.2, 0.25) is 10.0 Å². The molecular formula is C23H22Cl2N2O3S. The van der Waals surface area contributed by atoms with Crippen molar-refractivity contribution in [1.29, 1.82) is 0 Å². The van der Waals surface area contributed by atoms with Crippen molar-refractivity contribution in [2.75, 3.05) is 11.9 Å². The minimum absolute atomic E-state index is 0.00814. The summed E-state index contributed by atoms with van der Waals surface area (Å²) in [4.78, 5) is 12.6. The zero-order chi connectivity index (χ0) is 22.4. The van der Waals surface area contributed by atoms with Crippen molar-refractivity contribution in [2.24, 2.45) is 0 Å². The number of aryl methyl sites for hydroxylation is 1. The van der Waals surface area contributed by atoms with Crippen LogP contribution in [0.25, 0.3) is 0 Å². The van der Waals surface area contributed by atoms with Gasteiger partial charge in [0.2, 0.25) is 15.9 Å². The topological polar surface area (TPSA) is 66.5 Å². The number of hydrogen-bond acceptors (Lipinski definition) is 3. The highest BCUT2D eigenvalue weighted by Gasteiger charge is 2.29. The van der Waals surface area contributed by atoms with Gasteiger partial charge in [-0.25, -0.2) is 8.42 Å². The first-order valence-corrected chi connectivity index (χ1v) is 11.9. The zero-order valence-corrected chi connectivity index (χ0v) is 19.2. The Kier molecular flexibility index (Phi) is 7.73. The van der Waals surface area contributed by atoms with E-state index in [2.05, 4.69) is 5.32 Å². The van der Waals surface area contributed by atoms with Crippen LogP contribution in [-0.2, 0) is 27.8 Å². The summed E-state index contributed by atoms with van der Waals surface area (Å²) in [6, 6.07) is 20.7. The molecule has 31 heavy (non-hydrogen) atoms. The third kappa shape index (κ3) is 6.08. The van der Waals surface area contributed by atoms with Crippen LogP contribution in [0.5, 0.6) is 0 Å². The summed E-state index contributed by atoms with van der Waals surface area (Å²) in [7, 11) is -4.09. The first-order chi connectivity index (χ1) is 14.8. The van der Waals surface area contributed by atoms with Crippen molar-refractivity contribution in [2.45, 2.75) is 24.8 Å². The number of halogens is 2. The zero-order valence-electron chi connectivity index (χ0n) is 16.9. The second-order valence-electron chi connectivity index (χ2n) is 6.93. The number of anilines is 1. The molecule has 3 aromatic carbocycles. The maximum atomic E-state index is 13.4. The van der Waals surface area contributed by atoms with E-state index in [1.54, 1.807) is 24.3 Å². The van der Waals surface area contributed by atoms with Crippen LogP contribution in [0.1, 0.15) is 18.1 Å². The molecule has 0 bridgehead atoms. The number of nitrogens with one attached hydrogen (secondary N) is 1. The summed E-state index contributed by atoms with van der Waals surface area (Å²) < 4.78 is 27.9. The average molecular weight is 477 g/mol. The lowest BCUT2D eigenvalue weighted by atomic mass is 10.1. The van der Waals surface area contributed by atoms with E-state index in [0.717, 1.165) is 21.9 Å². The van der Waals surface area contributed by atoms with Crippen molar-refractivity contribution in [3.8, 4) is 0 Å². The monoisotopic (exact) mass is 476 g/mol. The molecule has 3 aromatic rings. The average Bonchev–Trinajstić information content (AvgIpc) is 2.76. The minimum atomic E-state index is -4.09. The van der Waals surface area contributed by atoms with Crippen LogP contribution in [0.3, 0.4) is 0 Å². The largest absolute Gasteiger partial charge is 0.325 e. The van der Waals surface area contributed by atoms with E-state index < -0.39 is 15.9 Å². The number of sulfonamides is 1. The Labute approximate surface area is 192 Å². The summed E-state index contributed by atoms with van der Waals surface area (Å²) in [5.74, 6) is -0.457. The van der Waals surface area contributed by atoms with Gasteiger partial charge in [-0.05, 0) is 47.9 Å². The first kappa shape index (κ1) is 23.3. The highest BCUT2D eigenvalue weighted by atomic mass is 35.5. The van der Waals surface area contributed by atoms with Crippen LogP contribution < -0.4 is 5.32 Å². The Hall–Kier alpha value is -2.38. The molecule has 1 amide bonds. The van der Waals surface area contributed by atoms with Crippen LogP contribution in [0.15, 0.2) is 77.7 Å². The maximum Gasteiger partial charge on any atom is 0.245 e. The molecule has 0 spiro atoms. The van der Waals surface area contributed by atoms with Crippen molar-refractivity contribution >= 4 is 44.8 Å². The molecule has 0 saturated heterocycles. The molecule has 0 heterocycles. The van der Waals surface area contributed by atoms with Crippen molar-refractivity contribution in [1.82, 2.24) is 4.31 Å². The molecule has 0 aliphatic rings. The Morgan fingerprint density at radius 3 is 2.26 bits per heavy atom. The van der Waals surface area contributed by atoms with Gasteiger partial charge in [-0.2, -0.15) is 4.31 Å². The Balaban J connectivity index is 1.88. The Morgan fingerprint density at radius 2 is 1.61 bits per heavy atom. The van der Waals surface area contributed by atoms with Crippen LogP contribution >= 0.6 is 23.2 Å². The normalized spacial score (nSPS) is 11.5. The van der Waals surface area contributed by atoms with Gasteiger partial charge >= 0.3 is 0 Å². The molecule has 162 valence electrons. The van der Waals surface area contributed by atoms with Gasteiger partial charge < -0.3 is 5.32 Å². The van der Waals surface area contributed by atoms with Gasteiger partial charge in [0.25, 0.3) is 0 Å². The van der Waals surface area contributed by atoms with Gasteiger partial charge in [0, 0.05) is 17.3 Å². The Bertz CT molecular complexity index is 1150. The molecule has 0 atom stereocenters. The SMILES string of the molecule is CCc1ccc(NC(=O)CN(Cc2ccccc2)S(=O)(=O)c2cc(Cl)ccc2Cl)cc1. The molecule has 0 aliphatic heterocycles. The predicted octanol–water partition coefficient (Wildman–Crippen LogP) is 5.39. The lowest BCUT2D eigenvalue weighted by Crippen LogP contribution is -2.37. The number of amides is 1. The number of hydrogen-bond donors (Lipinski definition) is 1. The van der Waals surface area contributed by atoms with Gasteiger partial charge in [0.05, 0.1) is 11.6 Å². The molecule has 0 saturated carbocycles. The predicted molar refractivity (Wildman–Crippen MR) is 125 cm³/mol. The van der Waals surface area contributed by atoms with Crippen LogP contribution in [-0.4, -0.2) is 25.2 Å². The van der Waals surface area contributed by atoms with Gasteiger partial charge in [0.1, 0.15) is 4.90 Å². The molecular weight excluding hydrogens is 455 g/mol. The van der Waals surface area contributed by atoms with E-state index in [1.807, 2.05) is 37.3 Å². The van der Waals surface area contributed by atoms with Crippen LogP contribution in [0, 0.1) is 0 Å². The summed E-state index contributed by atoms with van der Waals surface area (Å²) in [5, 5.41) is 3.03. The van der Waals surface area contributed by atoms with Gasteiger partial charge in [-0.3, -0.25) is 4.79 Å². The number of carbonyl (C=O) groups excluding carboxylic acids is 1. The number of nitrogens with zero attached hydrogens (tertiary/aromatic N) is 1. The first-order valence-electron chi connectivity index (χ1n) is 9.67. The van der Waals surface area contributed by atoms with E-state index in [-0.39, 0.29) is 28.0 Å². The molecule has 0 unspecified atom stereocenters. The highest BCUT2D eigenvalue weighted by Crippen LogP contribution is 2.28. The van der Waals surface area contributed by atoms with Crippen molar-refractivity contribution in [3.05, 3.63) is 94.0 Å². The molecule has 1 N–H and O–H groups in total. The van der Waals surface area contributed by atoms with E-state index in [0.29, 0.717) is 5.69 Å². The van der Waals surface area contributed by atoms with E-state index >= 15 is 0 Å². The van der Waals surface area contributed by atoms with Gasteiger partial charge in [-0.15, -0.1) is 0 Å². The molecule has 0 fully saturated rings. The fraction of sp³-hybridized carbons (Fsp3) is 0.174. The van der Waals surface area contributed by atoms with Crippen molar-refractivity contribution in [3.63, 3.8) is 0 Å². The quantitative estimate of drug-likeness (QED) is 0.474. The summed E-state index contributed by atoms with van der Waals surface area (Å²) >= 11 is 12.2. The Morgan fingerprint density at radius 1 is 0.935 bits per heavy atom. The molecule has 0 aliphatic carbocycles. The molecule has 0 radical (unpaired) electrons. The minimum Gasteiger partial charge on any atom is -0.325 e. The van der Waals surface area contributed by atoms with Gasteiger partial charge in [0.15, 0.2) is 0 Å². The fourth-order valence-electron chi connectivity index (χ4n) is 3.01. The highest BCUT2D eigenvalue weighted by molar-refractivity contribution is 7.89. The van der Waals surface area contributed by atoms with Gasteiger partial charge in [-0.1, -0.05) is 72.6 Å². The summed E-state index contributed by atoms with van der Waals surface area (Å²) in [5.41, 5.74) is 2.48. The molecule has 8 heteroatoms. The molecule has 5 nitrogen and oxygen atoms in total. The number of carbonyl (C=O) groups is 1. The van der Waals surface area contributed by atoms with Crippen molar-refractivity contribution < 1.29 is 13.2 Å². The smallest absolute Gasteiger partial charge is 0.245 e. The lowest BCUT2D eigenvalue weighted by Gasteiger charge is -2.22. The fourth-order valence-corrected chi connectivity index (χ4v) is 5.13. The van der Waals surface area contributed by atoms with E-state index in [4.69, 9.17) is 23.2 Å². The third-order valence-corrected chi connectivity index (χ3v) is 7.19. The standard InChI is InChI=1S/C23H22Cl2N2O3S/c1-2-17-8-11-20(12-9-17)26-23(28)16-27(15-18-6-4-3-5-7-18)31(29,30)22-14-19(24)10-13-21(22)25/h3-14H,2,15-16H2,1H3,(H,26,28). The van der Waals surface area contributed by atoms with Crippen LogP contribution in [0.4, 0.5) is 5.69 Å². The molecule has 0 aromatic heterocycles. The number of rotatable bonds is 8. The second kappa shape index (κ2) is 10.3. The van der Waals surface area contributed by atoms with E-state index in [1.165, 1.54) is 18.2 Å². The lowest BCUT2D eigenvalue weighted by molar-refractivity contribution is -0.116. The summed E-state index contributed by atoms with van der Waals surface area (Å²) in [6.45, 7) is 1.67. The maximum absolute atomic E-state index is 13.4. The number of benzene rings is 3. The van der Waals surface area contributed by atoms with E-state index in [9.17, 15) is 13.2 Å². The molecule has 3 rings (SSSR count). The summed E-state index contributed by atoms with van der Waals surface area (Å²) in [6.07, 6.45) is 0.887. The second-order valence-corrected chi connectivity index (χ2v) is 9.68. The third-order valence-electron chi connectivity index (χ3n) is 4.68.